The van der Waals surface area contributed by atoms with E-state index in [1.807, 2.05) is 0 Å². The minimum atomic E-state index is -0.220. The van der Waals surface area contributed by atoms with Gasteiger partial charge in [0.1, 0.15) is 6.61 Å². The summed E-state index contributed by atoms with van der Waals surface area (Å²) in [5.74, 6) is 1.98. The highest BCUT2D eigenvalue weighted by Gasteiger charge is 2.55. The molecule has 0 saturated heterocycles. The van der Waals surface area contributed by atoms with Gasteiger partial charge in [-0.05, 0) is 68.4 Å². The second-order valence-electron chi connectivity index (χ2n) is 7.83. The van der Waals surface area contributed by atoms with Crippen LogP contribution in [0.5, 0.6) is 0 Å². The zero-order valence-corrected chi connectivity index (χ0v) is 15.1. The number of halogens is 1. The molecule has 4 aliphatic rings. The van der Waals surface area contributed by atoms with E-state index in [0.717, 1.165) is 37.0 Å². The summed E-state index contributed by atoms with van der Waals surface area (Å²) in [5, 5.41) is 2.77. The van der Waals surface area contributed by atoms with Gasteiger partial charge in [-0.3, -0.25) is 14.6 Å². The van der Waals surface area contributed by atoms with Crippen LogP contribution in [0.3, 0.4) is 0 Å². The first-order valence-electron chi connectivity index (χ1n) is 9.00. The van der Waals surface area contributed by atoms with Crippen molar-refractivity contribution in [1.29, 1.82) is 0 Å². The van der Waals surface area contributed by atoms with Gasteiger partial charge in [-0.1, -0.05) is 0 Å². The molecule has 1 aromatic heterocycles. The molecule has 25 heavy (non-hydrogen) atoms. The maximum absolute atomic E-state index is 12.7. The zero-order valence-electron chi connectivity index (χ0n) is 14.3. The fraction of sp³-hybridized carbons (Fsp3) is 0.632. The van der Waals surface area contributed by atoms with Crippen molar-refractivity contribution in [1.82, 2.24) is 10.3 Å². The van der Waals surface area contributed by atoms with Crippen LogP contribution in [0.15, 0.2) is 24.5 Å². The van der Waals surface area contributed by atoms with Crippen LogP contribution in [0.4, 0.5) is 0 Å². The number of ether oxygens (including phenoxy) is 1. The topological polar surface area (TPSA) is 68.3 Å². The first kappa shape index (κ1) is 18.2. The molecule has 0 unspecified atom stereocenters. The van der Waals surface area contributed by atoms with Crippen LogP contribution in [0, 0.1) is 23.2 Å². The summed E-state index contributed by atoms with van der Waals surface area (Å²) in [6.07, 6.45) is 10.1. The lowest BCUT2D eigenvalue weighted by atomic mass is 9.49. The van der Waals surface area contributed by atoms with Gasteiger partial charge in [0.15, 0.2) is 0 Å². The van der Waals surface area contributed by atoms with Crippen LogP contribution >= 0.6 is 12.4 Å². The SMILES string of the molecule is Cl.O=C(NCCOC(=O)C12CC3CC(CC(C3)C1)C2)c1cccnc1. The molecule has 1 aromatic rings. The fourth-order valence-corrected chi connectivity index (χ4v) is 5.42. The van der Waals surface area contributed by atoms with Gasteiger partial charge in [-0.2, -0.15) is 0 Å². The van der Waals surface area contributed by atoms with Crippen LogP contribution in [0.2, 0.25) is 0 Å². The lowest BCUT2D eigenvalue weighted by Gasteiger charge is -2.55. The number of hydrogen-bond acceptors (Lipinski definition) is 4. The third kappa shape index (κ3) is 3.66. The Bertz CT molecular complexity index is 600. The second-order valence-corrected chi connectivity index (χ2v) is 7.83. The molecule has 6 heteroatoms. The lowest BCUT2D eigenvalue weighted by Crippen LogP contribution is -2.50. The average molecular weight is 365 g/mol. The van der Waals surface area contributed by atoms with Crippen molar-refractivity contribution in [2.45, 2.75) is 38.5 Å². The highest BCUT2D eigenvalue weighted by atomic mass is 35.5. The number of esters is 1. The van der Waals surface area contributed by atoms with Gasteiger partial charge in [0.05, 0.1) is 17.5 Å². The molecule has 5 rings (SSSR count). The minimum absolute atomic E-state index is 0. The van der Waals surface area contributed by atoms with Crippen molar-refractivity contribution in [2.24, 2.45) is 23.2 Å². The standard InChI is InChI=1S/C19H24N2O3.ClH/c22-17(16-2-1-3-20-12-16)21-4-5-24-18(23)19-9-13-6-14(10-19)8-15(7-13)11-19;/h1-3,12-15H,4-11H2,(H,21,22);1H. The molecule has 1 N–H and O–H groups in total. The van der Waals surface area contributed by atoms with E-state index in [4.69, 9.17) is 4.74 Å². The molecule has 4 fully saturated rings. The quantitative estimate of drug-likeness (QED) is 0.644. The molecule has 4 bridgehead atoms. The third-order valence-corrected chi connectivity index (χ3v) is 6.02. The molecule has 0 radical (unpaired) electrons. The summed E-state index contributed by atoms with van der Waals surface area (Å²) in [7, 11) is 0. The first-order chi connectivity index (χ1) is 11.6. The van der Waals surface area contributed by atoms with Crippen molar-refractivity contribution in [3.63, 3.8) is 0 Å². The monoisotopic (exact) mass is 364 g/mol. The van der Waals surface area contributed by atoms with Crippen molar-refractivity contribution in [2.75, 3.05) is 13.2 Å². The Labute approximate surface area is 154 Å². The summed E-state index contributed by atoms with van der Waals surface area (Å²) in [6, 6.07) is 3.44. The Balaban J connectivity index is 0.00000182. The van der Waals surface area contributed by atoms with Gasteiger partial charge in [0.2, 0.25) is 0 Å². The van der Waals surface area contributed by atoms with Crippen LogP contribution in [-0.4, -0.2) is 30.0 Å². The Kier molecular flexibility index (Phi) is 5.32. The van der Waals surface area contributed by atoms with Gasteiger partial charge < -0.3 is 10.1 Å². The lowest BCUT2D eigenvalue weighted by molar-refractivity contribution is -0.171. The minimum Gasteiger partial charge on any atom is -0.463 e. The summed E-state index contributed by atoms with van der Waals surface area (Å²) in [4.78, 5) is 28.5. The van der Waals surface area contributed by atoms with Crippen molar-refractivity contribution in [3.05, 3.63) is 30.1 Å². The molecule has 1 amide bonds. The highest BCUT2D eigenvalue weighted by Crippen LogP contribution is 2.60. The summed E-state index contributed by atoms with van der Waals surface area (Å²) >= 11 is 0. The number of nitrogens with one attached hydrogen (secondary N) is 1. The number of rotatable bonds is 5. The maximum Gasteiger partial charge on any atom is 0.312 e. The number of amides is 1. The maximum atomic E-state index is 12.7. The predicted octanol–water partition coefficient (Wildman–Crippen LogP) is 2.99. The molecule has 0 aromatic carbocycles. The summed E-state index contributed by atoms with van der Waals surface area (Å²) in [6.45, 7) is 0.582. The van der Waals surface area contributed by atoms with E-state index in [-0.39, 0.29) is 36.3 Å². The Morgan fingerprint density at radius 3 is 2.36 bits per heavy atom. The van der Waals surface area contributed by atoms with E-state index in [1.54, 1.807) is 18.3 Å². The van der Waals surface area contributed by atoms with Gasteiger partial charge in [0.25, 0.3) is 5.91 Å². The van der Waals surface area contributed by atoms with Crippen LogP contribution in [0.25, 0.3) is 0 Å². The smallest absolute Gasteiger partial charge is 0.312 e. The third-order valence-electron chi connectivity index (χ3n) is 6.02. The molecule has 4 aliphatic carbocycles. The average Bonchev–Trinajstić information content (AvgIpc) is 2.58. The zero-order chi connectivity index (χ0) is 16.6. The Morgan fingerprint density at radius 1 is 1.16 bits per heavy atom. The van der Waals surface area contributed by atoms with E-state index < -0.39 is 0 Å². The molecule has 5 nitrogen and oxygen atoms in total. The van der Waals surface area contributed by atoms with Crippen molar-refractivity contribution < 1.29 is 14.3 Å². The number of nitrogens with zero attached hydrogens (tertiary/aromatic N) is 1. The van der Waals surface area contributed by atoms with Gasteiger partial charge in [0, 0.05) is 12.4 Å². The molecule has 136 valence electrons. The van der Waals surface area contributed by atoms with E-state index in [0.29, 0.717) is 12.1 Å². The Hall–Kier alpha value is -1.62. The van der Waals surface area contributed by atoms with E-state index in [2.05, 4.69) is 10.3 Å². The molecule has 0 atom stereocenters. The summed E-state index contributed by atoms with van der Waals surface area (Å²) in [5.41, 5.74) is 0.298. The predicted molar refractivity (Wildman–Crippen MR) is 95.4 cm³/mol. The van der Waals surface area contributed by atoms with E-state index in [1.165, 1.54) is 25.5 Å². The number of aromatic nitrogens is 1. The number of carbonyl (C=O) groups is 2. The van der Waals surface area contributed by atoms with Crippen molar-refractivity contribution in [3.8, 4) is 0 Å². The molecular weight excluding hydrogens is 340 g/mol. The molecule has 0 aliphatic heterocycles. The molecular formula is C19H25ClN2O3. The molecule has 1 heterocycles. The van der Waals surface area contributed by atoms with E-state index in [9.17, 15) is 9.59 Å². The number of pyridine rings is 1. The first-order valence-corrected chi connectivity index (χ1v) is 9.00. The molecule has 0 spiro atoms. The summed E-state index contributed by atoms with van der Waals surface area (Å²) < 4.78 is 5.54. The second kappa shape index (κ2) is 7.32. The van der Waals surface area contributed by atoms with Crippen LogP contribution < -0.4 is 5.32 Å². The van der Waals surface area contributed by atoms with Gasteiger partial charge >= 0.3 is 5.97 Å². The van der Waals surface area contributed by atoms with Crippen molar-refractivity contribution >= 4 is 24.3 Å². The number of hydrogen-bond donors (Lipinski definition) is 1. The highest BCUT2D eigenvalue weighted by molar-refractivity contribution is 5.93. The fourth-order valence-electron chi connectivity index (χ4n) is 5.42. The van der Waals surface area contributed by atoms with E-state index >= 15 is 0 Å². The Morgan fingerprint density at radius 2 is 1.80 bits per heavy atom. The van der Waals surface area contributed by atoms with Crippen LogP contribution in [-0.2, 0) is 9.53 Å². The normalized spacial score (nSPS) is 31.9. The van der Waals surface area contributed by atoms with Crippen LogP contribution in [0.1, 0.15) is 48.9 Å². The van der Waals surface area contributed by atoms with Gasteiger partial charge in [-0.15, -0.1) is 12.4 Å². The number of carbonyl (C=O) groups excluding carboxylic acids is 2. The molecule has 4 saturated carbocycles. The largest absolute Gasteiger partial charge is 0.463 e. The van der Waals surface area contributed by atoms with Gasteiger partial charge in [-0.25, -0.2) is 0 Å².